The summed E-state index contributed by atoms with van der Waals surface area (Å²) in [6.45, 7) is 0. The molecule has 0 saturated heterocycles. The average Bonchev–Trinajstić information content (AvgIpc) is 2.32. The van der Waals surface area contributed by atoms with Gasteiger partial charge in [-0.2, -0.15) is 5.26 Å². The molecule has 3 rings (SSSR count). The van der Waals surface area contributed by atoms with E-state index in [0.717, 1.165) is 24.6 Å². The number of nitrogens with zero attached hydrogens (tertiary/aromatic N) is 2. The summed E-state index contributed by atoms with van der Waals surface area (Å²) in [4.78, 5) is 12.4. The SMILES string of the molecule is N#CC1(n2ccc3ccc(Cl)cc3c2=O)CCC1. The summed E-state index contributed by atoms with van der Waals surface area (Å²) in [6.07, 6.45) is 4.21. The zero-order valence-electron chi connectivity index (χ0n) is 9.69. The molecule has 0 unspecified atom stereocenters. The van der Waals surface area contributed by atoms with Crippen molar-refractivity contribution in [2.45, 2.75) is 24.8 Å². The zero-order chi connectivity index (χ0) is 12.8. The van der Waals surface area contributed by atoms with Crippen molar-refractivity contribution in [1.82, 2.24) is 4.57 Å². The molecule has 1 fully saturated rings. The number of aromatic nitrogens is 1. The van der Waals surface area contributed by atoms with Gasteiger partial charge >= 0.3 is 0 Å². The number of fused-ring (bicyclic) bond motifs is 1. The van der Waals surface area contributed by atoms with Gasteiger partial charge in [-0.25, -0.2) is 0 Å². The van der Waals surface area contributed by atoms with Crippen molar-refractivity contribution in [2.75, 3.05) is 0 Å². The minimum atomic E-state index is -0.645. The van der Waals surface area contributed by atoms with Gasteiger partial charge in [0.25, 0.3) is 5.56 Å². The molecule has 0 atom stereocenters. The fourth-order valence-corrected chi connectivity index (χ4v) is 2.64. The highest BCUT2D eigenvalue weighted by Crippen LogP contribution is 2.37. The lowest BCUT2D eigenvalue weighted by Crippen LogP contribution is -2.45. The van der Waals surface area contributed by atoms with Crippen LogP contribution in [0.25, 0.3) is 10.8 Å². The fourth-order valence-electron chi connectivity index (χ4n) is 2.47. The van der Waals surface area contributed by atoms with Crippen LogP contribution in [-0.4, -0.2) is 4.57 Å². The van der Waals surface area contributed by atoms with Crippen molar-refractivity contribution in [1.29, 1.82) is 5.26 Å². The maximum atomic E-state index is 12.4. The molecular weight excluding hydrogens is 248 g/mol. The van der Waals surface area contributed by atoms with Crippen molar-refractivity contribution < 1.29 is 0 Å². The maximum absolute atomic E-state index is 12.4. The molecule has 3 nitrogen and oxygen atoms in total. The molecule has 0 N–H and O–H groups in total. The summed E-state index contributed by atoms with van der Waals surface area (Å²) >= 11 is 5.93. The first kappa shape index (κ1) is 11.3. The second kappa shape index (κ2) is 3.86. The Morgan fingerprint density at radius 1 is 1.33 bits per heavy atom. The quantitative estimate of drug-likeness (QED) is 0.789. The Morgan fingerprint density at radius 3 is 2.72 bits per heavy atom. The van der Waals surface area contributed by atoms with Crippen LogP contribution in [0.3, 0.4) is 0 Å². The highest BCUT2D eigenvalue weighted by molar-refractivity contribution is 6.31. The first-order valence-electron chi connectivity index (χ1n) is 5.89. The van der Waals surface area contributed by atoms with Gasteiger partial charge in [0.15, 0.2) is 0 Å². The number of rotatable bonds is 1. The second-order valence-corrected chi connectivity index (χ2v) is 5.16. The van der Waals surface area contributed by atoms with Crippen molar-refractivity contribution in [2.24, 2.45) is 0 Å². The van der Waals surface area contributed by atoms with E-state index in [1.807, 2.05) is 12.1 Å². The van der Waals surface area contributed by atoms with E-state index >= 15 is 0 Å². The largest absolute Gasteiger partial charge is 0.296 e. The zero-order valence-corrected chi connectivity index (χ0v) is 10.4. The summed E-state index contributed by atoms with van der Waals surface area (Å²) in [5.41, 5.74) is -0.774. The Bertz CT molecular complexity index is 723. The van der Waals surface area contributed by atoms with Crippen LogP contribution in [0.1, 0.15) is 19.3 Å². The third-order valence-corrected chi connectivity index (χ3v) is 3.95. The minimum Gasteiger partial charge on any atom is -0.296 e. The van der Waals surface area contributed by atoms with Crippen LogP contribution in [-0.2, 0) is 5.54 Å². The van der Waals surface area contributed by atoms with E-state index in [1.54, 1.807) is 22.9 Å². The summed E-state index contributed by atoms with van der Waals surface area (Å²) in [5, 5.41) is 11.3. The Balaban J connectivity index is 2.30. The molecule has 0 aliphatic heterocycles. The topological polar surface area (TPSA) is 45.8 Å². The van der Waals surface area contributed by atoms with Crippen LogP contribution < -0.4 is 5.56 Å². The predicted molar refractivity (Wildman–Crippen MR) is 70.7 cm³/mol. The first-order valence-corrected chi connectivity index (χ1v) is 6.27. The van der Waals surface area contributed by atoms with E-state index in [9.17, 15) is 10.1 Å². The Kier molecular flexibility index (Phi) is 2.42. The standard InChI is InChI=1S/C14H11ClN2O/c15-11-3-2-10-4-7-17(13(18)12(10)8-11)14(9-16)5-1-6-14/h2-4,7-8H,1,5-6H2. The second-order valence-electron chi connectivity index (χ2n) is 4.72. The van der Waals surface area contributed by atoms with E-state index in [2.05, 4.69) is 6.07 Å². The van der Waals surface area contributed by atoms with Crippen molar-refractivity contribution in [3.8, 4) is 6.07 Å². The highest BCUT2D eigenvalue weighted by atomic mass is 35.5. The fraction of sp³-hybridized carbons (Fsp3) is 0.286. The average molecular weight is 259 g/mol. The molecule has 90 valence electrons. The molecule has 1 heterocycles. The van der Waals surface area contributed by atoms with E-state index in [0.29, 0.717) is 10.4 Å². The van der Waals surface area contributed by atoms with Crippen molar-refractivity contribution in [3.05, 3.63) is 45.8 Å². The van der Waals surface area contributed by atoms with E-state index < -0.39 is 5.54 Å². The van der Waals surface area contributed by atoms with Gasteiger partial charge < -0.3 is 0 Å². The van der Waals surface area contributed by atoms with Crippen LogP contribution in [0.5, 0.6) is 0 Å². The Hall–Kier alpha value is -1.79. The van der Waals surface area contributed by atoms with E-state index in [-0.39, 0.29) is 5.56 Å². The van der Waals surface area contributed by atoms with Crippen LogP contribution in [0.15, 0.2) is 35.3 Å². The summed E-state index contributed by atoms with van der Waals surface area (Å²) < 4.78 is 1.56. The molecule has 1 saturated carbocycles. The number of halogens is 1. The molecule has 18 heavy (non-hydrogen) atoms. The monoisotopic (exact) mass is 258 g/mol. The van der Waals surface area contributed by atoms with E-state index in [1.165, 1.54) is 0 Å². The minimum absolute atomic E-state index is 0.128. The maximum Gasteiger partial charge on any atom is 0.259 e. The van der Waals surface area contributed by atoms with Gasteiger partial charge in [-0.3, -0.25) is 9.36 Å². The molecule has 0 amide bonds. The molecule has 2 aromatic rings. The molecule has 1 aromatic carbocycles. The lowest BCUT2D eigenvalue weighted by Gasteiger charge is -2.36. The molecule has 1 aliphatic rings. The van der Waals surface area contributed by atoms with E-state index in [4.69, 9.17) is 11.6 Å². The molecule has 4 heteroatoms. The van der Waals surface area contributed by atoms with Crippen molar-refractivity contribution in [3.63, 3.8) is 0 Å². The van der Waals surface area contributed by atoms with Gasteiger partial charge in [0.2, 0.25) is 0 Å². The lowest BCUT2D eigenvalue weighted by atomic mass is 9.77. The van der Waals surface area contributed by atoms with Gasteiger partial charge in [0.05, 0.1) is 6.07 Å². The molecule has 0 radical (unpaired) electrons. The van der Waals surface area contributed by atoms with Gasteiger partial charge in [0.1, 0.15) is 5.54 Å². The van der Waals surface area contributed by atoms with Gasteiger partial charge in [-0.15, -0.1) is 0 Å². The lowest BCUT2D eigenvalue weighted by molar-refractivity contribution is 0.213. The number of hydrogen-bond donors (Lipinski definition) is 0. The molecule has 0 bridgehead atoms. The number of benzene rings is 1. The Morgan fingerprint density at radius 2 is 2.11 bits per heavy atom. The third kappa shape index (κ3) is 1.46. The van der Waals surface area contributed by atoms with Crippen molar-refractivity contribution >= 4 is 22.4 Å². The summed E-state index contributed by atoms with van der Waals surface area (Å²) in [7, 11) is 0. The van der Waals surface area contributed by atoms with Crippen LogP contribution in [0.2, 0.25) is 5.02 Å². The number of hydrogen-bond acceptors (Lipinski definition) is 2. The smallest absolute Gasteiger partial charge is 0.259 e. The molecular formula is C14H11ClN2O. The Labute approximate surface area is 109 Å². The van der Waals surface area contributed by atoms with Gasteiger partial charge in [0, 0.05) is 16.6 Å². The molecule has 1 aliphatic carbocycles. The third-order valence-electron chi connectivity index (χ3n) is 3.72. The van der Waals surface area contributed by atoms with Gasteiger partial charge in [-0.05, 0) is 42.8 Å². The predicted octanol–water partition coefficient (Wildman–Crippen LogP) is 3.06. The van der Waals surface area contributed by atoms with Gasteiger partial charge in [-0.1, -0.05) is 17.7 Å². The number of pyridine rings is 1. The number of nitriles is 1. The van der Waals surface area contributed by atoms with Crippen LogP contribution in [0.4, 0.5) is 0 Å². The highest BCUT2D eigenvalue weighted by Gasteiger charge is 2.39. The molecule has 1 aromatic heterocycles. The first-order chi connectivity index (χ1) is 8.66. The normalized spacial score (nSPS) is 17.1. The summed E-state index contributed by atoms with van der Waals surface area (Å²) in [5.74, 6) is 0. The van der Waals surface area contributed by atoms with Crippen LogP contribution in [0, 0.1) is 11.3 Å². The van der Waals surface area contributed by atoms with Crippen LogP contribution >= 0.6 is 11.6 Å². The molecule has 0 spiro atoms. The summed E-state index contributed by atoms with van der Waals surface area (Å²) in [6, 6.07) is 9.40.